The summed E-state index contributed by atoms with van der Waals surface area (Å²) in [5, 5.41) is -0.263. The van der Waals surface area contributed by atoms with E-state index in [0.717, 1.165) is 0 Å². The van der Waals surface area contributed by atoms with E-state index in [0.29, 0.717) is 12.8 Å². The molecule has 0 aromatic heterocycles. The maximum Gasteiger partial charge on any atom is 0.248 e. The Hall–Kier alpha value is -1.36. The summed E-state index contributed by atoms with van der Waals surface area (Å²) in [7, 11) is -3.23. The molecule has 80 valence electrons. The largest absolute Gasteiger partial charge is 0.366 e. The van der Waals surface area contributed by atoms with Crippen LogP contribution < -0.4 is 5.73 Å². The molecule has 1 saturated carbocycles. The standard InChI is InChI=1S/C10H11NO3S/c11-10(12)7-2-1-3-9(6-7)15(13,14)8-4-5-8/h1-3,6,8H,4-5H2,(H2,11,12). The summed E-state index contributed by atoms with van der Waals surface area (Å²) in [4.78, 5) is 11.1. The van der Waals surface area contributed by atoms with Crippen LogP contribution in [0.4, 0.5) is 0 Å². The summed E-state index contributed by atoms with van der Waals surface area (Å²) in [6.45, 7) is 0. The minimum Gasteiger partial charge on any atom is -0.366 e. The average molecular weight is 225 g/mol. The lowest BCUT2D eigenvalue weighted by Crippen LogP contribution is -2.13. The first-order valence-corrected chi connectivity index (χ1v) is 6.20. The van der Waals surface area contributed by atoms with Crippen molar-refractivity contribution < 1.29 is 13.2 Å². The molecule has 5 heteroatoms. The monoisotopic (exact) mass is 225 g/mol. The molecule has 0 radical (unpaired) electrons. The van der Waals surface area contributed by atoms with E-state index in [2.05, 4.69) is 0 Å². The van der Waals surface area contributed by atoms with Gasteiger partial charge >= 0.3 is 0 Å². The Morgan fingerprint density at radius 3 is 2.53 bits per heavy atom. The van der Waals surface area contributed by atoms with Gasteiger partial charge in [-0.2, -0.15) is 0 Å². The Morgan fingerprint density at radius 1 is 1.33 bits per heavy atom. The number of primary amides is 1. The van der Waals surface area contributed by atoms with Crippen molar-refractivity contribution in [2.24, 2.45) is 5.73 Å². The molecule has 4 nitrogen and oxygen atoms in total. The number of nitrogens with two attached hydrogens (primary N) is 1. The Labute approximate surface area is 88.0 Å². The number of hydrogen-bond donors (Lipinski definition) is 1. The van der Waals surface area contributed by atoms with Crippen molar-refractivity contribution in [3.63, 3.8) is 0 Å². The van der Waals surface area contributed by atoms with Crippen LogP contribution in [0.2, 0.25) is 0 Å². The molecule has 0 spiro atoms. The van der Waals surface area contributed by atoms with Gasteiger partial charge in [0.1, 0.15) is 0 Å². The van der Waals surface area contributed by atoms with Gasteiger partial charge in [0.15, 0.2) is 9.84 Å². The quantitative estimate of drug-likeness (QED) is 0.823. The van der Waals surface area contributed by atoms with Crippen LogP contribution in [-0.2, 0) is 9.84 Å². The van der Waals surface area contributed by atoms with E-state index in [1.54, 1.807) is 0 Å². The highest BCUT2D eigenvalue weighted by Gasteiger charge is 2.36. The molecule has 0 heterocycles. The van der Waals surface area contributed by atoms with E-state index in [9.17, 15) is 13.2 Å². The van der Waals surface area contributed by atoms with E-state index in [-0.39, 0.29) is 15.7 Å². The lowest BCUT2D eigenvalue weighted by Gasteiger charge is -2.03. The molecule has 1 fully saturated rings. The molecule has 1 aliphatic carbocycles. The van der Waals surface area contributed by atoms with E-state index in [1.165, 1.54) is 24.3 Å². The summed E-state index contributed by atoms with van der Waals surface area (Å²) in [5.41, 5.74) is 5.32. The molecule has 0 aliphatic heterocycles. The van der Waals surface area contributed by atoms with Crippen molar-refractivity contribution in [2.45, 2.75) is 23.0 Å². The Kier molecular flexibility index (Phi) is 2.26. The highest BCUT2D eigenvalue weighted by molar-refractivity contribution is 7.92. The highest BCUT2D eigenvalue weighted by Crippen LogP contribution is 2.33. The molecule has 2 rings (SSSR count). The van der Waals surface area contributed by atoms with Gasteiger partial charge in [-0.25, -0.2) is 8.42 Å². The van der Waals surface area contributed by atoms with Crippen molar-refractivity contribution >= 4 is 15.7 Å². The highest BCUT2D eigenvalue weighted by atomic mass is 32.2. The molecule has 1 amide bonds. The van der Waals surface area contributed by atoms with Crippen LogP contribution >= 0.6 is 0 Å². The second-order valence-corrected chi connectivity index (χ2v) is 5.86. The fourth-order valence-corrected chi connectivity index (χ4v) is 3.10. The van der Waals surface area contributed by atoms with Gasteiger partial charge in [-0.15, -0.1) is 0 Å². The zero-order valence-electron chi connectivity index (χ0n) is 8.01. The number of hydrogen-bond acceptors (Lipinski definition) is 3. The van der Waals surface area contributed by atoms with Gasteiger partial charge in [-0.1, -0.05) is 6.07 Å². The molecule has 2 N–H and O–H groups in total. The molecule has 1 aromatic rings. The van der Waals surface area contributed by atoms with Crippen LogP contribution in [0.5, 0.6) is 0 Å². The van der Waals surface area contributed by atoms with Gasteiger partial charge in [0.05, 0.1) is 10.1 Å². The maximum atomic E-state index is 11.8. The van der Waals surface area contributed by atoms with Crippen molar-refractivity contribution in [3.8, 4) is 0 Å². The Balaban J connectivity index is 2.45. The fraction of sp³-hybridized carbons (Fsp3) is 0.300. The van der Waals surface area contributed by atoms with Crippen LogP contribution in [0.1, 0.15) is 23.2 Å². The van der Waals surface area contributed by atoms with Crippen LogP contribution in [0.3, 0.4) is 0 Å². The predicted molar refractivity (Wildman–Crippen MR) is 55.2 cm³/mol. The molecule has 1 aromatic carbocycles. The average Bonchev–Trinajstić information content (AvgIpc) is 3.01. The van der Waals surface area contributed by atoms with Crippen molar-refractivity contribution in [1.29, 1.82) is 0 Å². The van der Waals surface area contributed by atoms with Crippen LogP contribution in [-0.4, -0.2) is 19.6 Å². The minimum atomic E-state index is -3.23. The first-order chi connectivity index (χ1) is 7.01. The Morgan fingerprint density at radius 2 is 2.00 bits per heavy atom. The predicted octanol–water partition coefficient (Wildman–Crippen LogP) is 0.722. The third-order valence-electron chi connectivity index (χ3n) is 2.41. The summed E-state index contributed by atoms with van der Waals surface area (Å²) in [5.74, 6) is -0.608. The SMILES string of the molecule is NC(=O)c1cccc(S(=O)(=O)C2CC2)c1. The molecule has 0 unspecified atom stereocenters. The number of sulfone groups is 1. The lowest BCUT2D eigenvalue weighted by molar-refractivity contribution is 0.1000. The number of carbonyl (C=O) groups is 1. The number of amides is 1. The summed E-state index contributed by atoms with van der Waals surface area (Å²) in [6, 6.07) is 5.89. The minimum absolute atomic E-state index is 0.196. The third kappa shape index (κ3) is 1.87. The van der Waals surface area contributed by atoms with Gasteiger partial charge in [-0.05, 0) is 31.0 Å². The van der Waals surface area contributed by atoms with Gasteiger partial charge in [0, 0.05) is 5.56 Å². The van der Waals surface area contributed by atoms with Crippen molar-refractivity contribution in [1.82, 2.24) is 0 Å². The topological polar surface area (TPSA) is 77.2 Å². The third-order valence-corrected chi connectivity index (χ3v) is 4.67. The van der Waals surface area contributed by atoms with E-state index < -0.39 is 15.7 Å². The van der Waals surface area contributed by atoms with Gasteiger partial charge in [0.25, 0.3) is 0 Å². The zero-order valence-corrected chi connectivity index (χ0v) is 8.83. The first-order valence-electron chi connectivity index (χ1n) is 4.65. The molecular weight excluding hydrogens is 214 g/mol. The summed E-state index contributed by atoms with van der Waals surface area (Å²) in [6.07, 6.45) is 1.42. The molecule has 1 aliphatic rings. The molecular formula is C10H11NO3S. The zero-order chi connectivity index (χ0) is 11.1. The first kappa shape index (κ1) is 10.2. The lowest BCUT2D eigenvalue weighted by atomic mass is 10.2. The van der Waals surface area contributed by atoms with Crippen molar-refractivity contribution in [2.75, 3.05) is 0 Å². The second kappa shape index (κ2) is 3.34. The van der Waals surface area contributed by atoms with Gasteiger partial charge < -0.3 is 5.73 Å². The normalized spacial score (nSPS) is 16.3. The maximum absolute atomic E-state index is 11.8. The van der Waals surface area contributed by atoms with Crippen LogP contribution in [0.25, 0.3) is 0 Å². The van der Waals surface area contributed by atoms with Gasteiger partial charge in [0.2, 0.25) is 5.91 Å². The molecule has 15 heavy (non-hydrogen) atoms. The van der Waals surface area contributed by atoms with Crippen molar-refractivity contribution in [3.05, 3.63) is 29.8 Å². The molecule has 0 atom stereocenters. The number of rotatable bonds is 3. The van der Waals surface area contributed by atoms with Gasteiger partial charge in [-0.3, -0.25) is 4.79 Å². The number of carbonyl (C=O) groups excluding carboxylic acids is 1. The number of benzene rings is 1. The van der Waals surface area contributed by atoms with Crippen LogP contribution in [0.15, 0.2) is 29.2 Å². The van der Waals surface area contributed by atoms with E-state index >= 15 is 0 Å². The molecule has 0 saturated heterocycles. The Bertz CT molecular complexity index is 503. The summed E-state index contributed by atoms with van der Waals surface area (Å²) < 4.78 is 23.6. The second-order valence-electron chi connectivity index (χ2n) is 3.64. The molecule has 0 bridgehead atoms. The van der Waals surface area contributed by atoms with E-state index in [1.807, 2.05) is 0 Å². The van der Waals surface area contributed by atoms with Crippen LogP contribution in [0, 0.1) is 0 Å². The smallest absolute Gasteiger partial charge is 0.248 e. The summed E-state index contributed by atoms with van der Waals surface area (Å²) >= 11 is 0. The van der Waals surface area contributed by atoms with E-state index in [4.69, 9.17) is 5.73 Å². The fourth-order valence-electron chi connectivity index (χ4n) is 1.40.